The number of benzene rings is 3. The number of carbonyl (C=O) groups excluding carboxylic acids is 2. The summed E-state index contributed by atoms with van der Waals surface area (Å²) in [6.45, 7) is 0. The number of para-hydroxylation sites is 2. The number of esters is 2. The van der Waals surface area contributed by atoms with E-state index in [0.717, 1.165) is 22.5 Å². The zero-order valence-electron chi connectivity index (χ0n) is 14.7. The van der Waals surface area contributed by atoms with Gasteiger partial charge in [0, 0.05) is 11.1 Å². The quantitative estimate of drug-likeness (QED) is 0.655. The Bertz CT molecular complexity index is 991. The van der Waals surface area contributed by atoms with Gasteiger partial charge in [-0.1, -0.05) is 48.5 Å². The maximum absolute atomic E-state index is 12.2. The first kappa shape index (κ1) is 16.4. The van der Waals surface area contributed by atoms with E-state index in [1.807, 2.05) is 48.5 Å². The highest BCUT2D eigenvalue weighted by Crippen LogP contribution is 2.33. The van der Waals surface area contributed by atoms with E-state index in [-0.39, 0.29) is 11.9 Å². The summed E-state index contributed by atoms with van der Waals surface area (Å²) in [6, 6.07) is 21.9. The molecule has 28 heavy (non-hydrogen) atoms. The monoisotopic (exact) mass is 372 g/mol. The second-order valence-corrected chi connectivity index (χ2v) is 6.62. The molecule has 2 heterocycles. The van der Waals surface area contributed by atoms with Crippen LogP contribution in [0.1, 0.15) is 44.3 Å². The van der Waals surface area contributed by atoms with Crippen molar-refractivity contribution in [3.63, 3.8) is 0 Å². The highest BCUT2D eigenvalue weighted by Gasteiger charge is 2.28. The summed E-state index contributed by atoms with van der Waals surface area (Å²) < 4.78 is 11.0. The zero-order chi connectivity index (χ0) is 19.1. The number of cyclic esters (lactones) is 2. The zero-order valence-corrected chi connectivity index (χ0v) is 14.7. The Morgan fingerprint density at radius 3 is 1.39 bits per heavy atom. The number of hydrogen-bond acceptors (Lipinski definition) is 6. The van der Waals surface area contributed by atoms with Crippen LogP contribution in [-0.2, 0) is 9.47 Å². The van der Waals surface area contributed by atoms with Crippen molar-refractivity contribution >= 4 is 23.3 Å². The number of nitrogens with one attached hydrogen (secondary N) is 2. The minimum absolute atomic E-state index is 0.358. The Labute approximate surface area is 161 Å². The summed E-state index contributed by atoms with van der Waals surface area (Å²) in [5, 5.41) is 6.44. The van der Waals surface area contributed by atoms with Crippen molar-refractivity contribution in [2.75, 3.05) is 10.6 Å². The van der Waals surface area contributed by atoms with Gasteiger partial charge in [-0.15, -0.1) is 0 Å². The van der Waals surface area contributed by atoms with Crippen LogP contribution in [0, 0.1) is 0 Å². The molecule has 5 rings (SSSR count). The first-order chi connectivity index (χ1) is 13.7. The molecule has 0 aliphatic carbocycles. The van der Waals surface area contributed by atoms with Crippen molar-refractivity contribution in [1.82, 2.24) is 0 Å². The van der Waals surface area contributed by atoms with Crippen molar-refractivity contribution in [2.45, 2.75) is 12.5 Å². The van der Waals surface area contributed by atoms with Crippen LogP contribution < -0.4 is 10.6 Å². The highest BCUT2D eigenvalue weighted by molar-refractivity contribution is 5.98. The predicted octanol–water partition coefficient (Wildman–Crippen LogP) is 4.25. The maximum Gasteiger partial charge on any atom is 0.342 e. The molecule has 0 saturated carbocycles. The van der Waals surface area contributed by atoms with Crippen molar-refractivity contribution in [1.29, 1.82) is 0 Å². The molecule has 0 aromatic heterocycles. The van der Waals surface area contributed by atoms with Crippen LogP contribution in [0.15, 0.2) is 72.8 Å². The Morgan fingerprint density at radius 2 is 0.964 bits per heavy atom. The molecule has 3 aromatic carbocycles. The molecule has 6 nitrogen and oxygen atoms in total. The number of hydrogen-bond donors (Lipinski definition) is 2. The van der Waals surface area contributed by atoms with E-state index in [9.17, 15) is 9.59 Å². The fourth-order valence-electron chi connectivity index (χ4n) is 3.40. The molecule has 3 aromatic rings. The number of rotatable bonds is 2. The van der Waals surface area contributed by atoms with Crippen molar-refractivity contribution in [2.24, 2.45) is 0 Å². The van der Waals surface area contributed by atoms with Gasteiger partial charge in [0.2, 0.25) is 0 Å². The summed E-state index contributed by atoms with van der Waals surface area (Å²) in [5.41, 5.74) is 4.13. The number of fused-ring (bicyclic) bond motifs is 2. The van der Waals surface area contributed by atoms with Gasteiger partial charge < -0.3 is 20.1 Å². The van der Waals surface area contributed by atoms with Crippen LogP contribution in [0.3, 0.4) is 0 Å². The topological polar surface area (TPSA) is 76.7 Å². The fraction of sp³-hybridized carbons (Fsp3) is 0.0909. The molecule has 0 fully saturated rings. The van der Waals surface area contributed by atoms with Gasteiger partial charge in [-0.3, -0.25) is 0 Å². The van der Waals surface area contributed by atoms with Gasteiger partial charge in [0.1, 0.15) is 0 Å². The van der Waals surface area contributed by atoms with Crippen molar-refractivity contribution in [3.8, 4) is 0 Å². The molecular weight excluding hydrogens is 356 g/mol. The van der Waals surface area contributed by atoms with Gasteiger partial charge in [0.25, 0.3) is 0 Å². The molecule has 138 valence electrons. The summed E-state index contributed by atoms with van der Waals surface area (Å²) in [5.74, 6) is -0.717. The Morgan fingerprint density at radius 1 is 0.571 bits per heavy atom. The van der Waals surface area contributed by atoms with Crippen LogP contribution in [0.4, 0.5) is 11.4 Å². The lowest BCUT2D eigenvalue weighted by Crippen LogP contribution is -2.26. The molecule has 0 amide bonds. The first-order valence-corrected chi connectivity index (χ1v) is 8.92. The predicted molar refractivity (Wildman–Crippen MR) is 103 cm³/mol. The molecule has 2 aliphatic rings. The van der Waals surface area contributed by atoms with Crippen LogP contribution in [-0.4, -0.2) is 11.9 Å². The average Bonchev–Trinajstić information content (AvgIpc) is 2.74. The summed E-state index contributed by atoms with van der Waals surface area (Å²) in [6.07, 6.45) is -1.14. The largest absolute Gasteiger partial charge is 0.434 e. The van der Waals surface area contributed by atoms with Crippen LogP contribution >= 0.6 is 0 Å². The molecule has 0 radical (unpaired) electrons. The van der Waals surface area contributed by atoms with E-state index in [2.05, 4.69) is 10.6 Å². The molecule has 0 saturated heterocycles. The second kappa shape index (κ2) is 6.42. The Kier molecular flexibility index (Phi) is 3.76. The minimum atomic E-state index is -0.570. The van der Waals surface area contributed by atoms with E-state index in [0.29, 0.717) is 11.1 Å². The molecule has 0 bridgehead atoms. The molecule has 2 unspecified atom stereocenters. The Hall–Kier alpha value is -3.80. The molecule has 2 N–H and O–H groups in total. The summed E-state index contributed by atoms with van der Waals surface area (Å²) in [7, 11) is 0. The fourth-order valence-corrected chi connectivity index (χ4v) is 3.40. The van der Waals surface area contributed by atoms with Gasteiger partial charge in [-0.2, -0.15) is 0 Å². The van der Waals surface area contributed by atoms with Crippen LogP contribution in [0.2, 0.25) is 0 Å². The minimum Gasteiger partial charge on any atom is -0.434 e. The lowest BCUT2D eigenvalue weighted by molar-refractivity contribution is 0.0315. The van der Waals surface area contributed by atoms with Crippen LogP contribution in [0.5, 0.6) is 0 Å². The van der Waals surface area contributed by atoms with Gasteiger partial charge >= 0.3 is 11.9 Å². The van der Waals surface area contributed by atoms with E-state index in [1.54, 1.807) is 24.3 Å². The van der Waals surface area contributed by atoms with E-state index >= 15 is 0 Å². The molecule has 2 aliphatic heterocycles. The SMILES string of the molecule is O=C1OC(c2ccc(C3Nc4ccccc4C(=O)O3)cc2)Nc2ccccc21. The molecule has 0 spiro atoms. The van der Waals surface area contributed by atoms with E-state index in [4.69, 9.17) is 9.47 Å². The van der Waals surface area contributed by atoms with Crippen molar-refractivity contribution in [3.05, 3.63) is 95.1 Å². The first-order valence-electron chi connectivity index (χ1n) is 8.92. The highest BCUT2D eigenvalue weighted by atomic mass is 16.6. The average molecular weight is 372 g/mol. The van der Waals surface area contributed by atoms with Gasteiger partial charge in [0.05, 0.1) is 22.5 Å². The second-order valence-electron chi connectivity index (χ2n) is 6.62. The lowest BCUT2D eigenvalue weighted by atomic mass is 10.1. The van der Waals surface area contributed by atoms with Gasteiger partial charge in [0.15, 0.2) is 12.5 Å². The smallest absolute Gasteiger partial charge is 0.342 e. The molecule has 2 atom stereocenters. The van der Waals surface area contributed by atoms with Gasteiger partial charge in [-0.25, -0.2) is 9.59 Å². The summed E-state index contributed by atoms with van der Waals surface area (Å²) >= 11 is 0. The lowest BCUT2D eigenvalue weighted by Gasteiger charge is -2.28. The number of carbonyl (C=O) groups is 2. The Balaban J connectivity index is 1.37. The molecular formula is C22H16N2O4. The van der Waals surface area contributed by atoms with E-state index < -0.39 is 12.5 Å². The normalized spacial score (nSPS) is 20.0. The van der Waals surface area contributed by atoms with Crippen molar-refractivity contribution < 1.29 is 19.1 Å². The number of ether oxygens (including phenoxy) is 2. The van der Waals surface area contributed by atoms with E-state index in [1.165, 1.54) is 0 Å². The maximum atomic E-state index is 12.2. The van der Waals surface area contributed by atoms with Crippen LogP contribution in [0.25, 0.3) is 0 Å². The third-order valence-corrected chi connectivity index (χ3v) is 4.86. The number of anilines is 2. The van der Waals surface area contributed by atoms with Gasteiger partial charge in [-0.05, 0) is 24.3 Å². The third-order valence-electron chi connectivity index (χ3n) is 4.86. The standard InChI is InChI=1S/C22H16N2O4/c25-21-15-5-1-3-7-17(15)23-19(27-21)13-9-11-14(12-10-13)20-24-18-8-4-2-6-16(18)22(26)28-20/h1-12,19-20,23-24H. The summed E-state index contributed by atoms with van der Waals surface area (Å²) in [4.78, 5) is 24.4. The third kappa shape index (κ3) is 2.75. The molecule has 6 heteroatoms.